The predicted molar refractivity (Wildman–Crippen MR) is 58.6 cm³/mol. The molecule has 1 aliphatic rings. The van der Waals surface area contributed by atoms with Gasteiger partial charge in [0.1, 0.15) is 0 Å². The third kappa shape index (κ3) is 1.63. The summed E-state index contributed by atoms with van der Waals surface area (Å²) < 4.78 is 0. The van der Waals surface area contributed by atoms with Gasteiger partial charge in [-0.1, -0.05) is 6.92 Å². The fraction of sp³-hybridized carbons (Fsp3) is 0.364. The summed E-state index contributed by atoms with van der Waals surface area (Å²) in [4.78, 5) is 15.8. The van der Waals surface area contributed by atoms with Gasteiger partial charge in [0.05, 0.1) is 17.3 Å². The van der Waals surface area contributed by atoms with E-state index in [1.807, 2.05) is 13.8 Å². The molecule has 0 fully saturated rings. The molecular weight excluding hydrogens is 190 g/mol. The Labute approximate surface area is 88.6 Å². The Bertz CT molecular complexity index is 400. The van der Waals surface area contributed by atoms with E-state index in [4.69, 9.17) is 0 Å². The lowest BCUT2D eigenvalue weighted by Gasteiger charge is -2.11. The number of hydrogen-bond acceptors (Lipinski definition) is 3. The number of nitrogens with zero attached hydrogens (tertiary/aromatic N) is 3. The molecule has 78 valence electrons. The van der Waals surface area contributed by atoms with Gasteiger partial charge >= 0.3 is 0 Å². The molecule has 0 N–H and O–H groups in total. The van der Waals surface area contributed by atoms with Gasteiger partial charge in [-0.2, -0.15) is 5.10 Å². The maximum absolute atomic E-state index is 11.9. The van der Waals surface area contributed by atoms with E-state index in [-0.39, 0.29) is 11.8 Å². The minimum absolute atomic E-state index is 0.0399. The van der Waals surface area contributed by atoms with Crippen LogP contribution in [-0.4, -0.2) is 16.6 Å². The Morgan fingerprint density at radius 1 is 1.40 bits per heavy atom. The van der Waals surface area contributed by atoms with Crippen molar-refractivity contribution in [3.8, 4) is 0 Å². The molecule has 0 spiro atoms. The summed E-state index contributed by atoms with van der Waals surface area (Å²) in [5.41, 5.74) is 1.72. The Balaban J connectivity index is 2.33. The number of anilines is 1. The molecule has 4 heteroatoms. The van der Waals surface area contributed by atoms with Crippen LogP contribution < -0.4 is 5.01 Å². The highest BCUT2D eigenvalue weighted by atomic mass is 16.2. The van der Waals surface area contributed by atoms with Crippen molar-refractivity contribution >= 4 is 17.3 Å². The molecule has 1 unspecified atom stereocenters. The van der Waals surface area contributed by atoms with Crippen LogP contribution in [0.1, 0.15) is 20.3 Å². The zero-order chi connectivity index (χ0) is 10.8. The molecule has 2 rings (SSSR count). The molecule has 0 saturated heterocycles. The zero-order valence-corrected chi connectivity index (χ0v) is 8.84. The average Bonchev–Trinajstić information content (AvgIpc) is 2.57. The van der Waals surface area contributed by atoms with Crippen molar-refractivity contribution < 1.29 is 4.79 Å². The lowest BCUT2D eigenvalue weighted by molar-refractivity contribution is -0.119. The fourth-order valence-electron chi connectivity index (χ4n) is 1.64. The quantitative estimate of drug-likeness (QED) is 0.736. The Morgan fingerprint density at radius 2 is 2.07 bits per heavy atom. The van der Waals surface area contributed by atoms with Gasteiger partial charge < -0.3 is 0 Å². The summed E-state index contributed by atoms with van der Waals surface area (Å²) in [6.07, 6.45) is 4.13. The van der Waals surface area contributed by atoms with Gasteiger partial charge in [-0.3, -0.25) is 9.78 Å². The van der Waals surface area contributed by atoms with Crippen LogP contribution in [0.5, 0.6) is 0 Å². The SMILES string of the molecule is CCC1=NN(c2ccncc2)C(=O)C1C. The van der Waals surface area contributed by atoms with Crippen LogP contribution in [-0.2, 0) is 4.79 Å². The number of amides is 1. The molecular formula is C11H13N3O. The summed E-state index contributed by atoms with van der Waals surface area (Å²) in [6, 6.07) is 3.57. The largest absolute Gasteiger partial charge is 0.272 e. The van der Waals surface area contributed by atoms with Crippen LogP contribution in [0.15, 0.2) is 29.6 Å². The second kappa shape index (κ2) is 3.81. The summed E-state index contributed by atoms with van der Waals surface area (Å²) in [5, 5.41) is 5.77. The van der Waals surface area contributed by atoms with Crippen molar-refractivity contribution in [1.82, 2.24) is 4.98 Å². The smallest absolute Gasteiger partial charge is 0.255 e. The molecule has 0 radical (unpaired) electrons. The van der Waals surface area contributed by atoms with E-state index < -0.39 is 0 Å². The van der Waals surface area contributed by atoms with E-state index in [2.05, 4.69) is 10.1 Å². The number of aromatic nitrogens is 1. The lowest BCUT2D eigenvalue weighted by atomic mass is 10.0. The van der Waals surface area contributed by atoms with E-state index in [0.717, 1.165) is 17.8 Å². The van der Waals surface area contributed by atoms with Crippen LogP contribution in [0.2, 0.25) is 0 Å². The summed E-state index contributed by atoms with van der Waals surface area (Å²) in [7, 11) is 0. The van der Waals surface area contributed by atoms with Crippen molar-refractivity contribution in [3.63, 3.8) is 0 Å². The highest BCUT2D eigenvalue weighted by Crippen LogP contribution is 2.23. The topological polar surface area (TPSA) is 45.6 Å². The maximum Gasteiger partial charge on any atom is 0.255 e. The minimum Gasteiger partial charge on any atom is -0.272 e. The van der Waals surface area contributed by atoms with Gasteiger partial charge in [-0.15, -0.1) is 0 Å². The molecule has 0 aromatic carbocycles. The van der Waals surface area contributed by atoms with Crippen molar-refractivity contribution in [2.24, 2.45) is 11.0 Å². The third-order valence-corrected chi connectivity index (χ3v) is 2.58. The first-order valence-corrected chi connectivity index (χ1v) is 5.05. The van der Waals surface area contributed by atoms with Gasteiger partial charge in [0, 0.05) is 12.4 Å². The number of hydrazone groups is 1. The normalized spacial score (nSPS) is 20.7. The van der Waals surface area contributed by atoms with Gasteiger partial charge in [0.2, 0.25) is 0 Å². The van der Waals surface area contributed by atoms with Gasteiger partial charge in [-0.05, 0) is 25.5 Å². The molecule has 1 aromatic rings. The number of rotatable bonds is 2. The van der Waals surface area contributed by atoms with Crippen LogP contribution >= 0.6 is 0 Å². The first-order chi connectivity index (χ1) is 7.24. The van der Waals surface area contributed by atoms with Crippen LogP contribution in [0.3, 0.4) is 0 Å². The number of carbonyl (C=O) groups is 1. The van der Waals surface area contributed by atoms with Crippen molar-refractivity contribution in [1.29, 1.82) is 0 Å². The van der Waals surface area contributed by atoms with E-state index in [1.54, 1.807) is 24.5 Å². The molecule has 4 nitrogen and oxygen atoms in total. The molecule has 0 saturated carbocycles. The zero-order valence-electron chi connectivity index (χ0n) is 8.84. The second-order valence-corrected chi connectivity index (χ2v) is 3.52. The monoisotopic (exact) mass is 203 g/mol. The molecule has 1 aromatic heterocycles. The van der Waals surface area contributed by atoms with E-state index >= 15 is 0 Å². The molecule has 0 aliphatic carbocycles. The molecule has 2 heterocycles. The Hall–Kier alpha value is -1.71. The molecule has 1 amide bonds. The molecule has 0 bridgehead atoms. The standard InChI is InChI=1S/C11H13N3O/c1-3-10-8(2)11(15)14(13-10)9-4-6-12-7-5-9/h4-8H,3H2,1-2H3. The summed E-state index contributed by atoms with van der Waals surface area (Å²) >= 11 is 0. The van der Waals surface area contributed by atoms with Gasteiger partial charge in [0.15, 0.2) is 0 Å². The van der Waals surface area contributed by atoms with Crippen LogP contribution in [0.4, 0.5) is 5.69 Å². The molecule has 15 heavy (non-hydrogen) atoms. The van der Waals surface area contributed by atoms with Gasteiger partial charge in [0.25, 0.3) is 5.91 Å². The Kier molecular flexibility index (Phi) is 2.49. The average molecular weight is 203 g/mol. The van der Waals surface area contributed by atoms with E-state index in [1.165, 1.54) is 5.01 Å². The van der Waals surface area contributed by atoms with Crippen LogP contribution in [0.25, 0.3) is 0 Å². The second-order valence-electron chi connectivity index (χ2n) is 3.52. The van der Waals surface area contributed by atoms with E-state index in [0.29, 0.717) is 0 Å². The van der Waals surface area contributed by atoms with Crippen molar-refractivity contribution in [3.05, 3.63) is 24.5 Å². The van der Waals surface area contributed by atoms with Crippen LogP contribution in [0, 0.1) is 5.92 Å². The maximum atomic E-state index is 11.9. The first kappa shape index (κ1) is 9.83. The first-order valence-electron chi connectivity index (χ1n) is 5.05. The third-order valence-electron chi connectivity index (χ3n) is 2.58. The predicted octanol–water partition coefficient (Wildman–Crippen LogP) is 1.83. The Morgan fingerprint density at radius 3 is 2.60 bits per heavy atom. The summed E-state index contributed by atoms with van der Waals surface area (Å²) in [5.74, 6) is -0.0544. The van der Waals surface area contributed by atoms with E-state index in [9.17, 15) is 4.79 Å². The highest BCUT2D eigenvalue weighted by Gasteiger charge is 2.31. The minimum atomic E-state index is -0.0943. The number of carbonyl (C=O) groups excluding carboxylic acids is 1. The number of hydrogen-bond donors (Lipinski definition) is 0. The lowest BCUT2D eigenvalue weighted by Crippen LogP contribution is -2.25. The van der Waals surface area contributed by atoms with Crippen molar-refractivity contribution in [2.75, 3.05) is 5.01 Å². The van der Waals surface area contributed by atoms with Gasteiger partial charge in [-0.25, -0.2) is 5.01 Å². The fourth-order valence-corrected chi connectivity index (χ4v) is 1.64. The highest BCUT2D eigenvalue weighted by molar-refractivity contribution is 6.15. The number of pyridine rings is 1. The van der Waals surface area contributed by atoms with Crippen molar-refractivity contribution in [2.45, 2.75) is 20.3 Å². The molecule has 1 aliphatic heterocycles. The molecule has 1 atom stereocenters. The summed E-state index contributed by atoms with van der Waals surface area (Å²) in [6.45, 7) is 3.91.